The number of ether oxygens (including phenoxy) is 1. The topological polar surface area (TPSA) is 168 Å². The summed E-state index contributed by atoms with van der Waals surface area (Å²) in [6.07, 6.45) is 2.68. The van der Waals surface area contributed by atoms with Gasteiger partial charge in [0.15, 0.2) is 5.78 Å². The Morgan fingerprint density at radius 2 is 1.63 bits per heavy atom. The van der Waals surface area contributed by atoms with E-state index in [1.807, 2.05) is 4.90 Å². The molecule has 0 aromatic heterocycles. The lowest BCUT2D eigenvalue weighted by molar-refractivity contribution is -0.384. The van der Waals surface area contributed by atoms with Crippen molar-refractivity contribution >= 4 is 35.0 Å². The maximum atomic E-state index is 13.1. The molecule has 1 saturated heterocycles. The number of benzene rings is 2. The van der Waals surface area contributed by atoms with E-state index in [9.17, 15) is 29.3 Å². The van der Waals surface area contributed by atoms with Crippen LogP contribution in [0.2, 0.25) is 0 Å². The summed E-state index contributed by atoms with van der Waals surface area (Å²) >= 11 is 0. The van der Waals surface area contributed by atoms with Gasteiger partial charge in [-0.2, -0.15) is 0 Å². The van der Waals surface area contributed by atoms with Crippen LogP contribution in [0.4, 0.5) is 11.4 Å². The molecule has 0 radical (unpaired) electrons. The second-order valence-electron chi connectivity index (χ2n) is 7.85. The van der Waals surface area contributed by atoms with Crippen LogP contribution in [0, 0.1) is 10.1 Å². The van der Waals surface area contributed by atoms with E-state index in [4.69, 9.17) is 14.9 Å². The third-order valence-electron chi connectivity index (χ3n) is 5.21. The number of morpholine rings is 1. The predicted molar refractivity (Wildman–Crippen MR) is 137 cm³/mol. The van der Waals surface area contributed by atoms with Gasteiger partial charge in [-0.3, -0.25) is 24.6 Å². The first kappa shape index (κ1) is 29.5. The van der Waals surface area contributed by atoms with Gasteiger partial charge in [-0.25, -0.2) is 9.59 Å². The van der Waals surface area contributed by atoms with Crippen molar-refractivity contribution in [2.24, 2.45) is 0 Å². The number of carboxylic acids is 2. The zero-order chi connectivity index (χ0) is 28.1. The number of anilines is 1. The Hall–Kier alpha value is -4.68. The van der Waals surface area contributed by atoms with E-state index < -0.39 is 16.9 Å². The van der Waals surface area contributed by atoms with Crippen LogP contribution in [0.3, 0.4) is 0 Å². The molecule has 38 heavy (non-hydrogen) atoms. The van der Waals surface area contributed by atoms with Crippen LogP contribution in [-0.2, 0) is 19.1 Å². The normalized spacial score (nSPS) is 13.2. The predicted octanol–water partition coefficient (Wildman–Crippen LogP) is 2.39. The van der Waals surface area contributed by atoms with Gasteiger partial charge in [0.25, 0.3) is 5.69 Å². The molecule has 0 aliphatic carbocycles. The van der Waals surface area contributed by atoms with Crippen molar-refractivity contribution in [3.05, 3.63) is 94.6 Å². The van der Waals surface area contributed by atoms with Gasteiger partial charge in [0, 0.05) is 49.5 Å². The lowest BCUT2D eigenvalue weighted by Crippen LogP contribution is -2.45. The van der Waals surface area contributed by atoms with Crippen molar-refractivity contribution in [3.63, 3.8) is 0 Å². The van der Waals surface area contributed by atoms with Gasteiger partial charge >= 0.3 is 11.9 Å². The zero-order valence-corrected chi connectivity index (χ0v) is 20.4. The summed E-state index contributed by atoms with van der Waals surface area (Å²) in [6, 6.07) is 12.5. The number of carbonyl (C=O) groups is 4. The maximum absolute atomic E-state index is 13.1. The van der Waals surface area contributed by atoms with Crippen molar-refractivity contribution in [1.82, 2.24) is 4.90 Å². The molecule has 2 N–H and O–H groups in total. The standard InChI is InChI=1S/C22H23N3O5.C4H4O4/c1-2-10-24(21(26)16-23-11-13-30-14-12-23)20-9-8-18(25(28)29)15-19(20)22(27)17-6-4-3-5-7-17;5-3(6)1-2-4(7)8/h2-9,15H,1,10-14,16H2;1-2H,(H,5,6)(H,7,8)/b;2-1-. The molecule has 1 aliphatic rings. The molecule has 200 valence electrons. The first-order chi connectivity index (χ1) is 18.1. The lowest BCUT2D eigenvalue weighted by Gasteiger charge is -2.30. The number of amides is 1. The van der Waals surface area contributed by atoms with Crippen molar-refractivity contribution in [2.45, 2.75) is 0 Å². The Bertz CT molecular complexity index is 1190. The number of rotatable bonds is 10. The highest BCUT2D eigenvalue weighted by atomic mass is 16.6. The van der Waals surface area contributed by atoms with Crippen molar-refractivity contribution < 1.29 is 39.1 Å². The number of nitro benzene ring substituents is 1. The van der Waals surface area contributed by atoms with Gasteiger partial charge in [0.05, 0.1) is 35.9 Å². The minimum absolute atomic E-state index is 0.104. The van der Waals surface area contributed by atoms with Crippen LogP contribution in [0.5, 0.6) is 0 Å². The summed E-state index contributed by atoms with van der Waals surface area (Å²) < 4.78 is 5.32. The number of hydrogen-bond acceptors (Lipinski definition) is 8. The SMILES string of the molecule is C=CCN(C(=O)CN1CCOCC1)c1ccc([N+](=O)[O-])cc1C(=O)c1ccccc1.O=C(O)/C=C\C(=O)O. The Morgan fingerprint density at radius 1 is 1.03 bits per heavy atom. The van der Waals surface area contributed by atoms with E-state index >= 15 is 0 Å². The molecular weight excluding hydrogens is 498 g/mol. The summed E-state index contributed by atoms with van der Waals surface area (Å²) in [6.45, 7) is 6.45. The summed E-state index contributed by atoms with van der Waals surface area (Å²) in [5.41, 5.74) is 0.607. The Balaban J connectivity index is 0.000000550. The summed E-state index contributed by atoms with van der Waals surface area (Å²) in [4.78, 5) is 59.5. The minimum Gasteiger partial charge on any atom is -0.478 e. The smallest absolute Gasteiger partial charge is 0.328 e. The second kappa shape index (κ2) is 14.8. The molecule has 0 bridgehead atoms. The molecule has 12 nitrogen and oxygen atoms in total. The molecule has 12 heteroatoms. The summed E-state index contributed by atoms with van der Waals surface area (Å²) in [7, 11) is 0. The van der Waals surface area contributed by atoms with E-state index in [2.05, 4.69) is 6.58 Å². The molecule has 0 atom stereocenters. The van der Waals surface area contributed by atoms with Crippen molar-refractivity contribution in [1.29, 1.82) is 0 Å². The first-order valence-corrected chi connectivity index (χ1v) is 11.4. The van der Waals surface area contributed by atoms with Crippen molar-refractivity contribution in [3.8, 4) is 0 Å². The largest absolute Gasteiger partial charge is 0.478 e. The number of carbonyl (C=O) groups excluding carboxylic acids is 2. The van der Waals surface area contributed by atoms with Crippen LogP contribution < -0.4 is 4.90 Å². The average molecular weight is 526 g/mol. The molecule has 1 heterocycles. The number of non-ortho nitro benzene ring substituents is 1. The third kappa shape index (κ3) is 9.08. The van der Waals surface area contributed by atoms with E-state index in [0.717, 1.165) is 0 Å². The third-order valence-corrected chi connectivity index (χ3v) is 5.21. The van der Waals surface area contributed by atoms with Gasteiger partial charge in [0.2, 0.25) is 5.91 Å². The molecule has 1 fully saturated rings. The Morgan fingerprint density at radius 3 is 2.16 bits per heavy atom. The Labute approximate surface area is 218 Å². The van der Waals surface area contributed by atoms with Gasteiger partial charge in [0.1, 0.15) is 0 Å². The molecule has 3 rings (SSSR count). The van der Waals surface area contributed by atoms with Crippen LogP contribution in [0.25, 0.3) is 0 Å². The first-order valence-electron chi connectivity index (χ1n) is 11.4. The fourth-order valence-corrected chi connectivity index (χ4v) is 3.44. The quantitative estimate of drug-likeness (QED) is 0.154. The van der Waals surface area contributed by atoms with Crippen LogP contribution in [0.1, 0.15) is 15.9 Å². The highest BCUT2D eigenvalue weighted by Gasteiger charge is 2.26. The molecule has 2 aromatic carbocycles. The zero-order valence-electron chi connectivity index (χ0n) is 20.4. The van der Waals surface area contributed by atoms with Crippen LogP contribution >= 0.6 is 0 Å². The monoisotopic (exact) mass is 525 g/mol. The number of hydrogen-bond donors (Lipinski definition) is 2. The van der Waals surface area contributed by atoms with E-state index in [0.29, 0.717) is 49.7 Å². The fraction of sp³-hybridized carbons (Fsp3) is 0.231. The van der Waals surface area contributed by atoms with Crippen LogP contribution in [-0.4, -0.2) is 83.1 Å². The molecular formula is C26H27N3O9. The molecule has 1 amide bonds. The van der Waals surface area contributed by atoms with Gasteiger partial charge < -0.3 is 19.8 Å². The number of aliphatic carboxylic acids is 2. The molecule has 1 aliphatic heterocycles. The Kier molecular flexibility index (Phi) is 11.5. The summed E-state index contributed by atoms with van der Waals surface area (Å²) in [5, 5.41) is 26.9. The molecule has 2 aromatic rings. The highest BCUT2D eigenvalue weighted by molar-refractivity contribution is 6.14. The summed E-state index contributed by atoms with van der Waals surface area (Å²) in [5.74, 6) is -3.12. The lowest BCUT2D eigenvalue weighted by atomic mass is 10.00. The minimum atomic E-state index is -1.26. The number of nitro groups is 1. The van der Waals surface area contributed by atoms with E-state index in [-0.39, 0.29) is 36.0 Å². The van der Waals surface area contributed by atoms with E-state index in [1.54, 1.807) is 36.4 Å². The molecule has 0 unspecified atom stereocenters. The molecule has 0 spiro atoms. The van der Waals surface area contributed by atoms with Crippen molar-refractivity contribution in [2.75, 3.05) is 44.3 Å². The van der Waals surface area contributed by atoms with E-state index in [1.165, 1.54) is 23.1 Å². The average Bonchev–Trinajstić information content (AvgIpc) is 2.91. The fourth-order valence-electron chi connectivity index (χ4n) is 3.44. The second-order valence-corrected chi connectivity index (χ2v) is 7.85. The highest BCUT2D eigenvalue weighted by Crippen LogP contribution is 2.28. The maximum Gasteiger partial charge on any atom is 0.328 e. The molecule has 0 saturated carbocycles. The van der Waals surface area contributed by atoms with Gasteiger partial charge in [-0.05, 0) is 6.07 Å². The van der Waals surface area contributed by atoms with Crippen LogP contribution in [0.15, 0.2) is 73.3 Å². The van der Waals surface area contributed by atoms with Gasteiger partial charge in [-0.1, -0.05) is 36.4 Å². The number of carboxylic acid groups (broad SMARTS) is 2. The number of ketones is 1. The number of nitrogens with zero attached hydrogens (tertiary/aromatic N) is 3. The van der Waals surface area contributed by atoms with Gasteiger partial charge in [-0.15, -0.1) is 6.58 Å².